The topological polar surface area (TPSA) is 63.7 Å². The lowest BCUT2D eigenvalue weighted by atomic mass is 10.2. The smallest absolute Gasteiger partial charge is 0.298 e. The number of nitrogens with zero attached hydrogens (tertiary/aromatic N) is 1. The van der Waals surface area contributed by atoms with Crippen LogP contribution in [-0.4, -0.2) is 32.5 Å². The van der Waals surface area contributed by atoms with Crippen LogP contribution >= 0.6 is 0 Å². The van der Waals surface area contributed by atoms with Crippen LogP contribution in [0.5, 0.6) is 0 Å². The van der Waals surface area contributed by atoms with Crippen LogP contribution in [0.15, 0.2) is 35.2 Å². The van der Waals surface area contributed by atoms with E-state index in [4.69, 9.17) is 4.18 Å². The third kappa shape index (κ3) is 2.23. The molecule has 5 nitrogen and oxygen atoms in total. The van der Waals surface area contributed by atoms with E-state index in [0.717, 1.165) is 0 Å². The van der Waals surface area contributed by atoms with Gasteiger partial charge in [-0.2, -0.15) is 8.42 Å². The largest absolute Gasteiger partial charge is 0.318 e. The predicted octanol–water partition coefficient (Wildman–Crippen LogP) is 0.582. The molecule has 0 bridgehead atoms. The van der Waals surface area contributed by atoms with Gasteiger partial charge in [0.2, 0.25) is 5.91 Å². The average molecular weight is 241 g/mol. The van der Waals surface area contributed by atoms with E-state index in [1.165, 1.54) is 17.0 Å². The normalized spacial score (nSPS) is 16.0. The van der Waals surface area contributed by atoms with E-state index in [9.17, 15) is 13.2 Å². The maximum absolute atomic E-state index is 11.6. The predicted molar refractivity (Wildman–Crippen MR) is 55.9 cm³/mol. The molecule has 0 aromatic heterocycles. The van der Waals surface area contributed by atoms with Gasteiger partial charge >= 0.3 is 0 Å². The fourth-order valence-electron chi connectivity index (χ4n) is 1.29. The van der Waals surface area contributed by atoms with Gasteiger partial charge in [0, 0.05) is 13.0 Å². The quantitative estimate of drug-likeness (QED) is 0.571. The first-order valence-electron chi connectivity index (χ1n) is 4.82. The van der Waals surface area contributed by atoms with Gasteiger partial charge in [-0.1, -0.05) is 18.2 Å². The van der Waals surface area contributed by atoms with Crippen molar-refractivity contribution in [3.8, 4) is 0 Å². The minimum absolute atomic E-state index is 0.0803. The number of benzene rings is 1. The monoisotopic (exact) mass is 241 g/mol. The average Bonchev–Trinajstić information content (AvgIpc) is 2.28. The summed E-state index contributed by atoms with van der Waals surface area (Å²) in [5.41, 5.74) is 0. The molecule has 1 aliphatic rings. The van der Waals surface area contributed by atoms with Crippen LogP contribution < -0.4 is 0 Å². The van der Waals surface area contributed by atoms with Crippen molar-refractivity contribution < 1.29 is 17.4 Å². The van der Waals surface area contributed by atoms with Crippen molar-refractivity contribution in [3.05, 3.63) is 30.3 Å². The number of carbonyl (C=O) groups is 1. The molecule has 1 aromatic carbocycles. The molecule has 86 valence electrons. The van der Waals surface area contributed by atoms with E-state index >= 15 is 0 Å². The Bertz CT molecular complexity index is 483. The van der Waals surface area contributed by atoms with Gasteiger partial charge in [0.05, 0.1) is 4.90 Å². The Morgan fingerprint density at radius 3 is 2.44 bits per heavy atom. The summed E-state index contributed by atoms with van der Waals surface area (Å²) in [6, 6.07) is 7.86. The molecule has 1 amide bonds. The van der Waals surface area contributed by atoms with E-state index in [1.807, 2.05) is 0 Å². The molecule has 16 heavy (non-hydrogen) atoms. The highest BCUT2D eigenvalue weighted by molar-refractivity contribution is 7.86. The minimum Gasteiger partial charge on any atom is -0.318 e. The molecule has 2 rings (SSSR count). The van der Waals surface area contributed by atoms with Crippen LogP contribution in [0, 0.1) is 0 Å². The first-order chi connectivity index (χ1) is 7.59. The summed E-state index contributed by atoms with van der Waals surface area (Å²) >= 11 is 0. The summed E-state index contributed by atoms with van der Waals surface area (Å²) in [6.07, 6.45) is 0.467. The molecule has 0 N–H and O–H groups in total. The van der Waals surface area contributed by atoms with Crippen molar-refractivity contribution in [2.75, 3.05) is 13.3 Å². The van der Waals surface area contributed by atoms with Crippen LogP contribution in [-0.2, 0) is 19.1 Å². The number of hydrogen-bond acceptors (Lipinski definition) is 4. The van der Waals surface area contributed by atoms with Crippen LogP contribution in [0.3, 0.4) is 0 Å². The van der Waals surface area contributed by atoms with Crippen molar-refractivity contribution in [2.24, 2.45) is 0 Å². The van der Waals surface area contributed by atoms with Gasteiger partial charge in [0.15, 0.2) is 0 Å². The molecule has 0 atom stereocenters. The zero-order valence-corrected chi connectivity index (χ0v) is 9.31. The first-order valence-corrected chi connectivity index (χ1v) is 6.23. The fourth-order valence-corrected chi connectivity index (χ4v) is 2.18. The molecule has 1 saturated heterocycles. The number of amides is 1. The summed E-state index contributed by atoms with van der Waals surface area (Å²) in [4.78, 5) is 12.4. The van der Waals surface area contributed by atoms with Crippen LogP contribution in [0.4, 0.5) is 0 Å². The highest BCUT2D eigenvalue weighted by Crippen LogP contribution is 2.14. The summed E-state index contributed by atoms with van der Waals surface area (Å²) in [6.45, 7) is 0.360. The third-order valence-electron chi connectivity index (χ3n) is 2.34. The second-order valence-corrected chi connectivity index (χ2v) is 5.04. The van der Waals surface area contributed by atoms with Crippen molar-refractivity contribution >= 4 is 16.0 Å². The first kappa shape index (κ1) is 11.1. The third-order valence-corrected chi connectivity index (χ3v) is 3.61. The summed E-state index contributed by atoms with van der Waals surface area (Å²) < 4.78 is 28.0. The summed E-state index contributed by atoms with van der Waals surface area (Å²) in [7, 11) is -3.75. The van der Waals surface area contributed by atoms with Crippen molar-refractivity contribution in [1.29, 1.82) is 0 Å². The van der Waals surface area contributed by atoms with E-state index in [2.05, 4.69) is 0 Å². The van der Waals surface area contributed by atoms with Gasteiger partial charge in [-0.15, -0.1) is 0 Å². The van der Waals surface area contributed by atoms with Gasteiger partial charge in [-0.05, 0) is 12.1 Å². The number of hydrogen-bond donors (Lipinski definition) is 0. The SMILES string of the molecule is O=C1CCN1COS(=O)(=O)c1ccccc1. The Morgan fingerprint density at radius 2 is 1.94 bits per heavy atom. The molecule has 1 aliphatic heterocycles. The van der Waals surface area contributed by atoms with Crippen LogP contribution in [0.2, 0.25) is 0 Å². The van der Waals surface area contributed by atoms with E-state index in [-0.39, 0.29) is 17.5 Å². The number of likely N-dealkylation sites (tertiary alicyclic amines) is 1. The minimum atomic E-state index is -3.75. The van der Waals surface area contributed by atoms with Gasteiger partial charge in [-0.3, -0.25) is 4.79 Å². The van der Waals surface area contributed by atoms with Gasteiger partial charge in [-0.25, -0.2) is 4.18 Å². The van der Waals surface area contributed by atoms with Crippen LogP contribution in [0.25, 0.3) is 0 Å². The van der Waals surface area contributed by atoms with E-state index in [1.54, 1.807) is 18.2 Å². The number of β-lactam (4-membered cyclic amide) rings is 1. The maximum Gasteiger partial charge on any atom is 0.298 e. The van der Waals surface area contributed by atoms with Crippen molar-refractivity contribution in [2.45, 2.75) is 11.3 Å². The second-order valence-electron chi connectivity index (χ2n) is 3.42. The molecule has 6 heteroatoms. The Labute approximate surface area is 93.8 Å². The van der Waals surface area contributed by atoms with Gasteiger partial charge < -0.3 is 4.90 Å². The molecule has 0 spiro atoms. The Morgan fingerprint density at radius 1 is 1.25 bits per heavy atom. The molecule has 0 unspecified atom stereocenters. The highest BCUT2D eigenvalue weighted by Gasteiger charge is 2.26. The zero-order valence-electron chi connectivity index (χ0n) is 8.50. The molecular formula is C10H11NO4S. The summed E-state index contributed by atoms with van der Waals surface area (Å²) in [5, 5.41) is 0. The summed E-state index contributed by atoms with van der Waals surface area (Å²) in [5.74, 6) is -0.0803. The van der Waals surface area contributed by atoms with Gasteiger partial charge in [0.1, 0.15) is 6.73 Å². The van der Waals surface area contributed by atoms with Crippen molar-refractivity contribution in [3.63, 3.8) is 0 Å². The lowest BCUT2D eigenvalue weighted by molar-refractivity contribution is -0.143. The van der Waals surface area contributed by atoms with Gasteiger partial charge in [0.25, 0.3) is 10.1 Å². The van der Waals surface area contributed by atoms with E-state index < -0.39 is 10.1 Å². The molecule has 0 saturated carbocycles. The Hall–Kier alpha value is -1.40. The molecule has 0 radical (unpaired) electrons. The molecule has 1 fully saturated rings. The number of carbonyl (C=O) groups excluding carboxylic acids is 1. The lowest BCUT2D eigenvalue weighted by Gasteiger charge is -2.29. The standard InChI is InChI=1S/C10H11NO4S/c12-10-6-7-11(10)8-15-16(13,14)9-4-2-1-3-5-9/h1-5H,6-8H2. The highest BCUT2D eigenvalue weighted by atomic mass is 32.2. The maximum atomic E-state index is 11.6. The molecule has 1 heterocycles. The van der Waals surface area contributed by atoms with Crippen LogP contribution in [0.1, 0.15) is 6.42 Å². The van der Waals surface area contributed by atoms with Crippen molar-refractivity contribution in [1.82, 2.24) is 4.90 Å². The Balaban J connectivity index is 2.01. The second kappa shape index (κ2) is 4.23. The number of rotatable bonds is 4. The molecule has 1 aromatic rings. The molecule has 0 aliphatic carbocycles. The lowest BCUT2D eigenvalue weighted by Crippen LogP contribution is -2.44. The molecular weight excluding hydrogens is 230 g/mol. The zero-order chi connectivity index (χ0) is 11.6. The Kier molecular flexibility index (Phi) is 2.93. The fraction of sp³-hybridized carbons (Fsp3) is 0.300. The van der Waals surface area contributed by atoms with E-state index in [0.29, 0.717) is 13.0 Å².